The Labute approximate surface area is 47.1 Å². The van der Waals surface area contributed by atoms with Gasteiger partial charge >= 0.3 is 0 Å². The van der Waals surface area contributed by atoms with Crippen LogP contribution in [0.4, 0.5) is 0 Å². The average molecular weight is 103 g/mol. The molecule has 0 spiro atoms. The number of hydrogen-bond donors (Lipinski definition) is 1. The second-order valence-corrected chi connectivity index (χ2v) is 0.750. The molecular weight excluding hydrogens is 86.1 g/mol. The molecule has 46 valence electrons. The summed E-state index contributed by atoms with van der Waals surface area (Å²) in [6.45, 7) is 10.5. The van der Waals surface area contributed by atoms with Gasteiger partial charge in [0.2, 0.25) is 0 Å². The van der Waals surface area contributed by atoms with Crippen LogP contribution in [0.5, 0.6) is 0 Å². The second-order valence-electron chi connectivity index (χ2n) is 0.750. The molecule has 0 amide bonds. The highest BCUT2D eigenvalue weighted by Crippen LogP contribution is 1.65. The molecule has 1 saturated heterocycles. The minimum Gasteiger partial charge on any atom is -0.314 e. The van der Waals surface area contributed by atoms with E-state index >= 15 is 0 Å². The van der Waals surface area contributed by atoms with Crippen molar-refractivity contribution in [2.24, 2.45) is 0 Å². The molecule has 1 heteroatoms. The van der Waals surface area contributed by atoms with E-state index in [1.807, 2.05) is 27.7 Å². The van der Waals surface area contributed by atoms with Gasteiger partial charge in [-0.25, -0.2) is 0 Å². The minimum absolute atomic E-state index is 1.25. The molecule has 1 rings (SSSR count). The predicted octanol–water partition coefficient (Wildman–Crippen LogP) is 1.64. The summed E-state index contributed by atoms with van der Waals surface area (Å²) in [6, 6.07) is 0. The molecule has 0 aromatic heterocycles. The van der Waals surface area contributed by atoms with Crippen molar-refractivity contribution in [3.05, 3.63) is 0 Å². The Balaban J connectivity index is 0. The third kappa shape index (κ3) is 101. The summed E-state index contributed by atoms with van der Waals surface area (Å²) >= 11 is 0. The zero-order valence-corrected chi connectivity index (χ0v) is 5.91. The van der Waals surface area contributed by atoms with E-state index in [-0.39, 0.29) is 0 Å². The van der Waals surface area contributed by atoms with Gasteiger partial charge in [-0.15, -0.1) is 0 Å². The van der Waals surface area contributed by atoms with Gasteiger partial charge in [-0.1, -0.05) is 27.7 Å². The Bertz CT molecular complexity index is 8.90. The molecule has 1 aliphatic heterocycles. The molecule has 0 bridgehead atoms. The van der Waals surface area contributed by atoms with Crippen LogP contribution in [0.15, 0.2) is 0 Å². The molecule has 0 aliphatic carbocycles. The summed E-state index contributed by atoms with van der Waals surface area (Å²) in [7, 11) is 0. The number of rotatable bonds is 0. The highest BCUT2D eigenvalue weighted by molar-refractivity contribution is 4.58. The van der Waals surface area contributed by atoms with Crippen molar-refractivity contribution >= 4 is 0 Å². The fourth-order valence-corrected chi connectivity index (χ4v) is 0. The van der Waals surface area contributed by atoms with Crippen LogP contribution in [0.25, 0.3) is 0 Å². The van der Waals surface area contributed by atoms with Crippen LogP contribution >= 0.6 is 0 Å². The van der Waals surface area contributed by atoms with Crippen LogP contribution in [0.3, 0.4) is 0 Å². The minimum atomic E-state index is 1.25. The fraction of sp³-hybridized carbons (Fsp3) is 1.00. The SMILES string of the molecule is C1CN1.CC.CC. The molecule has 0 unspecified atom stereocenters. The second kappa shape index (κ2) is 16.7. The maximum absolute atomic E-state index is 3.00. The molecule has 1 N–H and O–H groups in total. The van der Waals surface area contributed by atoms with Crippen molar-refractivity contribution in [3.63, 3.8) is 0 Å². The van der Waals surface area contributed by atoms with Gasteiger partial charge in [0.05, 0.1) is 0 Å². The molecule has 0 aromatic rings. The lowest BCUT2D eigenvalue weighted by Crippen LogP contribution is -1.56. The summed E-state index contributed by atoms with van der Waals surface area (Å²) in [5.74, 6) is 0. The lowest BCUT2D eigenvalue weighted by atomic mass is 11.0. The molecule has 0 saturated carbocycles. The van der Waals surface area contributed by atoms with Crippen LogP contribution in [0.2, 0.25) is 0 Å². The molecule has 0 radical (unpaired) electrons. The number of hydrogen-bond acceptors (Lipinski definition) is 1. The average Bonchev–Trinajstić information content (AvgIpc) is 2.58. The van der Waals surface area contributed by atoms with Crippen molar-refractivity contribution in [1.82, 2.24) is 5.32 Å². The highest BCUT2D eigenvalue weighted by atomic mass is 15.0. The van der Waals surface area contributed by atoms with Crippen LogP contribution < -0.4 is 5.32 Å². The lowest BCUT2D eigenvalue weighted by Gasteiger charge is -1.21. The zero-order chi connectivity index (χ0) is 6.12. The topological polar surface area (TPSA) is 21.9 Å². The summed E-state index contributed by atoms with van der Waals surface area (Å²) < 4.78 is 0. The van der Waals surface area contributed by atoms with Crippen molar-refractivity contribution in [3.8, 4) is 0 Å². The number of nitrogens with one attached hydrogen (secondary N) is 1. The van der Waals surface area contributed by atoms with Gasteiger partial charge in [0.15, 0.2) is 0 Å². The summed E-state index contributed by atoms with van der Waals surface area (Å²) in [5.41, 5.74) is 0. The Kier molecular flexibility index (Phi) is 24.0. The van der Waals surface area contributed by atoms with E-state index in [0.29, 0.717) is 0 Å². The van der Waals surface area contributed by atoms with Crippen LogP contribution in [0.1, 0.15) is 27.7 Å². The van der Waals surface area contributed by atoms with Crippen molar-refractivity contribution in [2.45, 2.75) is 27.7 Å². The van der Waals surface area contributed by atoms with E-state index in [9.17, 15) is 0 Å². The highest BCUT2D eigenvalue weighted by Gasteiger charge is 1.91. The quantitative estimate of drug-likeness (QED) is 0.462. The van der Waals surface area contributed by atoms with E-state index in [4.69, 9.17) is 0 Å². The first kappa shape index (κ1) is 10.0. The van der Waals surface area contributed by atoms with E-state index in [1.54, 1.807) is 0 Å². The monoisotopic (exact) mass is 103 g/mol. The van der Waals surface area contributed by atoms with E-state index < -0.39 is 0 Å². The molecule has 1 nitrogen and oxygen atoms in total. The first-order valence-electron chi connectivity index (χ1n) is 3.21. The zero-order valence-electron chi connectivity index (χ0n) is 5.91. The van der Waals surface area contributed by atoms with Gasteiger partial charge in [-0.2, -0.15) is 0 Å². The van der Waals surface area contributed by atoms with Gasteiger partial charge in [0.25, 0.3) is 0 Å². The van der Waals surface area contributed by atoms with Crippen molar-refractivity contribution in [2.75, 3.05) is 13.1 Å². The summed E-state index contributed by atoms with van der Waals surface area (Å²) in [5, 5.41) is 3.00. The predicted molar refractivity (Wildman–Crippen MR) is 35.6 cm³/mol. The Hall–Kier alpha value is -0.0400. The molecule has 7 heavy (non-hydrogen) atoms. The molecule has 1 aliphatic rings. The largest absolute Gasteiger partial charge is 0.314 e. The molecule has 0 atom stereocenters. The van der Waals surface area contributed by atoms with Gasteiger partial charge < -0.3 is 5.32 Å². The third-order valence-corrected chi connectivity index (χ3v) is 0.250. The molecule has 1 heterocycles. The fourth-order valence-electron chi connectivity index (χ4n) is 0. The standard InChI is InChI=1S/C2H5N.2C2H6/c1-2-3-1;2*1-2/h3H,1-2H2;2*1-2H3. The van der Waals surface area contributed by atoms with E-state index in [1.165, 1.54) is 13.1 Å². The van der Waals surface area contributed by atoms with Gasteiger partial charge in [-0.3, -0.25) is 0 Å². The van der Waals surface area contributed by atoms with Crippen molar-refractivity contribution < 1.29 is 0 Å². The molecule has 1 fully saturated rings. The first-order valence-corrected chi connectivity index (χ1v) is 3.21. The van der Waals surface area contributed by atoms with Crippen LogP contribution in [-0.2, 0) is 0 Å². The lowest BCUT2D eigenvalue weighted by molar-refractivity contribution is 1.34. The third-order valence-electron chi connectivity index (χ3n) is 0.250. The maximum atomic E-state index is 3.00. The summed E-state index contributed by atoms with van der Waals surface area (Å²) in [6.07, 6.45) is 0. The Morgan fingerprint density at radius 2 is 1.00 bits per heavy atom. The van der Waals surface area contributed by atoms with Crippen molar-refractivity contribution in [1.29, 1.82) is 0 Å². The molecule has 0 aromatic carbocycles. The van der Waals surface area contributed by atoms with Gasteiger partial charge in [0, 0.05) is 13.1 Å². The normalized spacial score (nSPS) is 12.0. The Morgan fingerprint density at radius 3 is 1.00 bits per heavy atom. The summed E-state index contributed by atoms with van der Waals surface area (Å²) in [4.78, 5) is 0. The van der Waals surface area contributed by atoms with E-state index in [2.05, 4.69) is 5.32 Å². The van der Waals surface area contributed by atoms with Gasteiger partial charge in [-0.05, 0) is 0 Å². The van der Waals surface area contributed by atoms with E-state index in [0.717, 1.165) is 0 Å². The van der Waals surface area contributed by atoms with Crippen LogP contribution in [-0.4, -0.2) is 13.1 Å². The smallest absolute Gasteiger partial charge is 0.00772 e. The maximum Gasteiger partial charge on any atom is 0.00772 e. The van der Waals surface area contributed by atoms with Crippen LogP contribution in [0, 0.1) is 0 Å². The molecular formula is C6H17N. The van der Waals surface area contributed by atoms with Gasteiger partial charge in [0.1, 0.15) is 0 Å². The first-order chi connectivity index (χ1) is 3.50. The Morgan fingerprint density at radius 1 is 0.857 bits per heavy atom.